The monoisotopic (exact) mass is 336 g/mol. The van der Waals surface area contributed by atoms with Crippen LogP contribution in [0.3, 0.4) is 0 Å². The molecule has 1 unspecified atom stereocenters. The minimum atomic E-state index is -0.235. The molecule has 1 N–H and O–H groups in total. The number of benzene rings is 2. The smallest absolute Gasteiger partial charge is 0.229 e. The van der Waals surface area contributed by atoms with Crippen LogP contribution >= 0.6 is 0 Å². The number of nitrogens with zero attached hydrogens (tertiary/aromatic N) is 1. The Morgan fingerprint density at radius 2 is 1.76 bits per heavy atom. The number of fused-ring (bicyclic) bond motifs is 1. The first-order valence-electron chi connectivity index (χ1n) is 9.30. The molecule has 2 amide bonds. The Kier molecular flexibility index (Phi) is 4.43. The lowest BCUT2D eigenvalue weighted by molar-refractivity contribution is -0.130. The molecule has 2 aromatic rings. The molecule has 4 rings (SSSR count). The van der Waals surface area contributed by atoms with Gasteiger partial charge in [-0.25, -0.2) is 0 Å². The highest BCUT2D eigenvalue weighted by atomic mass is 16.2. The molecule has 1 saturated carbocycles. The Morgan fingerprint density at radius 1 is 1.00 bits per heavy atom. The van der Waals surface area contributed by atoms with Crippen molar-refractivity contribution in [3.63, 3.8) is 0 Å². The minimum Gasteiger partial charge on any atom is -0.339 e. The number of carbonyl (C=O) groups is 2. The molecular weight excluding hydrogens is 312 g/mol. The lowest BCUT2D eigenvalue weighted by atomic mass is 9.94. The van der Waals surface area contributed by atoms with E-state index >= 15 is 0 Å². The molecular formula is C21H24N2O2. The van der Waals surface area contributed by atoms with Crippen molar-refractivity contribution in [3.8, 4) is 0 Å². The van der Waals surface area contributed by atoms with Crippen molar-refractivity contribution in [3.05, 3.63) is 42.5 Å². The summed E-state index contributed by atoms with van der Waals surface area (Å²) in [6.07, 6.45) is 6.18. The van der Waals surface area contributed by atoms with Gasteiger partial charge in [0.05, 0.1) is 5.92 Å². The summed E-state index contributed by atoms with van der Waals surface area (Å²) in [7, 11) is 0. The molecule has 1 atom stereocenters. The Hall–Kier alpha value is -2.36. The van der Waals surface area contributed by atoms with E-state index in [9.17, 15) is 9.59 Å². The molecule has 1 aliphatic carbocycles. The van der Waals surface area contributed by atoms with Crippen LogP contribution < -0.4 is 5.32 Å². The van der Waals surface area contributed by atoms with Crippen LogP contribution in [0.15, 0.2) is 42.5 Å². The summed E-state index contributed by atoms with van der Waals surface area (Å²) in [5.74, 6) is -0.131. The maximum atomic E-state index is 12.6. The molecule has 0 aromatic heterocycles. The van der Waals surface area contributed by atoms with Crippen molar-refractivity contribution >= 4 is 28.3 Å². The van der Waals surface area contributed by atoms with Crippen molar-refractivity contribution in [2.45, 2.75) is 44.6 Å². The predicted octanol–water partition coefficient (Wildman–Crippen LogP) is 3.96. The molecule has 4 nitrogen and oxygen atoms in total. The van der Waals surface area contributed by atoms with Gasteiger partial charge in [-0.1, -0.05) is 49.6 Å². The normalized spacial score (nSPS) is 21.7. The number of amides is 2. The summed E-state index contributed by atoms with van der Waals surface area (Å²) < 4.78 is 0. The minimum absolute atomic E-state index is 0.0399. The van der Waals surface area contributed by atoms with Crippen molar-refractivity contribution in [1.82, 2.24) is 4.90 Å². The van der Waals surface area contributed by atoms with Crippen molar-refractivity contribution < 1.29 is 9.59 Å². The van der Waals surface area contributed by atoms with Crippen LogP contribution in [0.1, 0.15) is 38.5 Å². The summed E-state index contributed by atoms with van der Waals surface area (Å²) in [5, 5.41) is 5.26. The van der Waals surface area contributed by atoms with Gasteiger partial charge in [0.1, 0.15) is 0 Å². The zero-order valence-corrected chi connectivity index (χ0v) is 14.4. The maximum absolute atomic E-state index is 12.6. The fraction of sp³-hybridized carbons (Fsp3) is 0.429. The topological polar surface area (TPSA) is 49.4 Å². The summed E-state index contributed by atoms with van der Waals surface area (Å²) in [5.41, 5.74) is 0.798. The fourth-order valence-corrected chi connectivity index (χ4v) is 4.16. The first-order chi connectivity index (χ1) is 12.2. The lowest BCUT2D eigenvalue weighted by Crippen LogP contribution is -2.38. The summed E-state index contributed by atoms with van der Waals surface area (Å²) in [6, 6.07) is 14.4. The number of hydrogen-bond acceptors (Lipinski definition) is 2. The molecule has 0 spiro atoms. The van der Waals surface area contributed by atoms with E-state index in [4.69, 9.17) is 0 Å². The number of anilines is 1. The fourth-order valence-electron chi connectivity index (χ4n) is 4.16. The molecule has 130 valence electrons. The molecule has 1 aliphatic heterocycles. The molecule has 2 aliphatic rings. The standard InChI is InChI=1S/C21H24N2O2/c24-20-13-17(14-23(20)19-8-2-1-3-9-19)21(25)22-18-11-10-15-6-4-5-7-16(15)12-18/h4-7,10-12,17,19H,1-3,8-9,13-14H2,(H,22,25). The van der Waals surface area contributed by atoms with Crippen LogP contribution in [-0.2, 0) is 9.59 Å². The van der Waals surface area contributed by atoms with Crippen LogP contribution in [0.5, 0.6) is 0 Å². The number of nitrogens with one attached hydrogen (secondary N) is 1. The summed E-state index contributed by atoms with van der Waals surface area (Å²) >= 11 is 0. The van der Waals surface area contributed by atoms with Crippen LogP contribution in [0.25, 0.3) is 10.8 Å². The molecule has 2 fully saturated rings. The van der Waals surface area contributed by atoms with Gasteiger partial charge >= 0.3 is 0 Å². The lowest BCUT2D eigenvalue weighted by Gasteiger charge is -2.31. The van der Waals surface area contributed by atoms with Gasteiger partial charge in [-0.2, -0.15) is 0 Å². The number of carbonyl (C=O) groups excluding carboxylic acids is 2. The highest BCUT2D eigenvalue weighted by molar-refractivity contribution is 5.98. The Morgan fingerprint density at radius 3 is 2.56 bits per heavy atom. The van der Waals surface area contributed by atoms with Gasteiger partial charge in [0.15, 0.2) is 0 Å². The Bertz CT molecular complexity index is 795. The van der Waals surface area contributed by atoms with E-state index in [-0.39, 0.29) is 17.7 Å². The molecule has 0 radical (unpaired) electrons. The molecule has 25 heavy (non-hydrogen) atoms. The Labute approximate surface area is 148 Å². The van der Waals surface area contributed by atoms with Crippen LogP contribution in [0, 0.1) is 5.92 Å². The molecule has 1 heterocycles. The first-order valence-corrected chi connectivity index (χ1v) is 9.30. The van der Waals surface area contributed by atoms with Crippen molar-refractivity contribution in [2.75, 3.05) is 11.9 Å². The van der Waals surface area contributed by atoms with E-state index in [1.807, 2.05) is 41.3 Å². The zero-order valence-electron chi connectivity index (χ0n) is 14.4. The van der Waals surface area contributed by atoms with Crippen molar-refractivity contribution in [1.29, 1.82) is 0 Å². The average Bonchev–Trinajstić information content (AvgIpc) is 3.04. The van der Waals surface area contributed by atoms with E-state index in [0.29, 0.717) is 19.0 Å². The molecule has 1 saturated heterocycles. The first kappa shape index (κ1) is 16.1. The van der Waals surface area contributed by atoms with E-state index < -0.39 is 0 Å². The second-order valence-corrected chi connectivity index (χ2v) is 7.29. The molecule has 0 bridgehead atoms. The second kappa shape index (κ2) is 6.87. The highest BCUT2D eigenvalue weighted by Gasteiger charge is 2.38. The van der Waals surface area contributed by atoms with Gasteiger partial charge in [0.2, 0.25) is 11.8 Å². The van der Waals surface area contributed by atoms with E-state index in [1.54, 1.807) is 0 Å². The number of hydrogen-bond donors (Lipinski definition) is 1. The van der Waals surface area contributed by atoms with Crippen LogP contribution in [0.2, 0.25) is 0 Å². The SMILES string of the molecule is O=C(Nc1ccc2ccccc2c1)C1CC(=O)N(C2CCCCC2)C1. The second-order valence-electron chi connectivity index (χ2n) is 7.29. The van der Waals surface area contributed by atoms with Gasteiger partial charge in [0.25, 0.3) is 0 Å². The highest BCUT2D eigenvalue weighted by Crippen LogP contribution is 2.29. The average molecular weight is 336 g/mol. The number of rotatable bonds is 3. The van der Waals surface area contributed by atoms with Gasteiger partial charge in [0, 0.05) is 24.7 Å². The third-order valence-electron chi connectivity index (χ3n) is 5.56. The van der Waals surface area contributed by atoms with E-state index in [2.05, 4.69) is 11.4 Å². The third-order valence-corrected chi connectivity index (χ3v) is 5.56. The summed E-state index contributed by atoms with van der Waals surface area (Å²) in [4.78, 5) is 27.0. The van der Waals surface area contributed by atoms with Crippen LogP contribution in [-0.4, -0.2) is 29.3 Å². The molecule has 2 aromatic carbocycles. The maximum Gasteiger partial charge on any atom is 0.229 e. The quantitative estimate of drug-likeness (QED) is 0.922. The Balaban J connectivity index is 1.43. The van der Waals surface area contributed by atoms with Crippen LogP contribution in [0.4, 0.5) is 5.69 Å². The van der Waals surface area contributed by atoms with E-state index in [0.717, 1.165) is 29.3 Å². The predicted molar refractivity (Wildman–Crippen MR) is 99.3 cm³/mol. The summed E-state index contributed by atoms with van der Waals surface area (Å²) in [6.45, 7) is 0.572. The van der Waals surface area contributed by atoms with Gasteiger partial charge in [-0.05, 0) is 35.7 Å². The molecule has 4 heteroatoms. The van der Waals surface area contributed by atoms with Gasteiger partial charge in [-0.15, -0.1) is 0 Å². The van der Waals surface area contributed by atoms with Crippen molar-refractivity contribution in [2.24, 2.45) is 5.92 Å². The number of likely N-dealkylation sites (tertiary alicyclic amines) is 1. The zero-order chi connectivity index (χ0) is 17.2. The third kappa shape index (κ3) is 3.39. The van der Waals surface area contributed by atoms with Gasteiger partial charge in [-0.3, -0.25) is 9.59 Å². The van der Waals surface area contributed by atoms with E-state index in [1.165, 1.54) is 19.3 Å². The van der Waals surface area contributed by atoms with Gasteiger partial charge < -0.3 is 10.2 Å². The largest absolute Gasteiger partial charge is 0.339 e.